The molecule has 0 unspecified atom stereocenters. The van der Waals surface area contributed by atoms with Crippen molar-refractivity contribution in [3.63, 3.8) is 0 Å². The summed E-state index contributed by atoms with van der Waals surface area (Å²) in [7, 11) is 4.11. The number of hydrogen-bond donors (Lipinski definition) is 0. The van der Waals surface area contributed by atoms with Crippen molar-refractivity contribution in [3.05, 3.63) is 54.9 Å². The molecule has 0 aliphatic carbocycles. The number of pyridine rings is 1. The quantitative estimate of drug-likeness (QED) is 0.326. The monoisotopic (exact) mass is 453 g/mol. The van der Waals surface area contributed by atoms with Crippen molar-refractivity contribution in [1.29, 1.82) is 0 Å². The predicted molar refractivity (Wildman–Crippen MR) is 83.4 cm³/mol. The molecule has 0 atom stereocenters. The molecule has 107 valence electrons. The van der Waals surface area contributed by atoms with Crippen LogP contribution >= 0.6 is 0 Å². The Morgan fingerprint density at radius 2 is 2.00 bits per heavy atom. The van der Waals surface area contributed by atoms with Gasteiger partial charge in [-0.3, -0.25) is 4.98 Å². The predicted octanol–water partition coefficient (Wildman–Crippen LogP) is 3.50. The summed E-state index contributed by atoms with van der Waals surface area (Å²) in [5.74, 6) is 0. The average Bonchev–Trinajstić information content (AvgIpc) is 2.96. The molecule has 4 heteroatoms. The molecule has 4 aromatic rings. The van der Waals surface area contributed by atoms with Crippen LogP contribution in [0.25, 0.3) is 27.3 Å². The van der Waals surface area contributed by atoms with E-state index in [0.29, 0.717) is 0 Å². The fourth-order valence-electron chi connectivity index (χ4n) is 2.75. The maximum Gasteiger partial charge on any atom is 0.0608 e. The topological polar surface area (TPSA) is 20.5 Å². The Balaban J connectivity index is 0.00000132. The second kappa shape index (κ2) is 5.14. The van der Waals surface area contributed by atoms with E-state index in [1.807, 2.05) is 24.5 Å². The van der Waals surface area contributed by atoms with Crippen molar-refractivity contribution in [2.45, 2.75) is 0 Å². The Kier molecular flexibility index (Phi) is 3.44. The number of aromatic nitrogens is 2. The van der Waals surface area contributed by atoms with Gasteiger partial charge in [0, 0.05) is 57.8 Å². The third kappa shape index (κ3) is 2.03. The van der Waals surface area contributed by atoms with Crippen LogP contribution in [0.5, 0.6) is 0 Å². The van der Waals surface area contributed by atoms with Crippen molar-refractivity contribution < 1.29 is 20.1 Å². The van der Waals surface area contributed by atoms with Crippen molar-refractivity contribution in [2.24, 2.45) is 0 Å². The van der Waals surface area contributed by atoms with Crippen molar-refractivity contribution in [1.82, 2.24) is 9.38 Å². The van der Waals surface area contributed by atoms with Crippen LogP contribution in [0.1, 0.15) is 0 Å². The van der Waals surface area contributed by atoms with Crippen LogP contribution < -0.4 is 4.90 Å². The number of anilines is 1. The van der Waals surface area contributed by atoms with E-state index < -0.39 is 0 Å². The molecule has 2 aromatic carbocycles. The van der Waals surface area contributed by atoms with Gasteiger partial charge in [0.2, 0.25) is 0 Å². The molecule has 3 nitrogen and oxygen atoms in total. The zero-order valence-corrected chi connectivity index (χ0v) is 14.2. The van der Waals surface area contributed by atoms with E-state index in [9.17, 15) is 0 Å². The Hall–Kier alpha value is -1.90. The standard InChI is InChI=1S/C17H14N3.Ir/c1-19(2)12-7-8-14-13-5-3-4-6-15(13)17-18-9-10-20(17)16(14)11-12;/h3-5,7-11H,1-2H3;/q-1;. The second-order valence-corrected chi connectivity index (χ2v) is 5.18. The van der Waals surface area contributed by atoms with Gasteiger partial charge < -0.3 is 9.30 Å². The van der Waals surface area contributed by atoms with E-state index >= 15 is 0 Å². The molecule has 0 fully saturated rings. The minimum absolute atomic E-state index is 0. The van der Waals surface area contributed by atoms with E-state index in [0.717, 1.165) is 11.0 Å². The Bertz CT molecular complexity index is 941. The first kappa shape index (κ1) is 14.1. The van der Waals surface area contributed by atoms with Crippen LogP contribution in [-0.4, -0.2) is 23.5 Å². The van der Waals surface area contributed by atoms with Gasteiger partial charge in [-0.1, -0.05) is 11.5 Å². The van der Waals surface area contributed by atoms with Gasteiger partial charge in [-0.05, 0) is 17.5 Å². The number of nitrogens with zero attached hydrogens (tertiary/aromatic N) is 3. The van der Waals surface area contributed by atoms with Gasteiger partial charge in [0.25, 0.3) is 0 Å². The smallest absolute Gasteiger partial charge is 0.0608 e. The van der Waals surface area contributed by atoms with E-state index in [-0.39, 0.29) is 20.1 Å². The fraction of sp³-hybridized carbons (Fsp3) is 0.118. The van der Waals surface area contributed by atoms with Crippen LogP contribution in [0, 0.1) is 6.07 Å². The molecule has 0 saturated carbocycles. The molecule has 0 aliphatic heterocycles. The second-order valence-electron chi connectivity index (χ2n) is 5.18. The first-order valence-electron chi connectivity index (χ1n) is 6.62. The third-order valence-corrected chi connectivity index (χ3v) is 3.77. The minimum atomic E-state index is 0. The van der Waals surface area contributed by atoms with Gasteiger partial charge in [0.15, 0.2) is 0 Å². The molecule has 4 rings (SSSR count). The van der Waals surface area contributed by atoms with Gasteiger partial charge in [-0.15, -0.1) is 29.7 Å². The maximum atomic E-state index is 4.49. The Morgan fingerprint density at radius 1 is 1.14 bits per heavy atom. The van der Waals surface area contributed by atoms with E-state index in [4.69, 9.17) is 0 Å². The van der Waals surface area contributed by atoms with Crippen molar-refractivity contribution in [3.8, 4) is 0 Å². The van der Waals surface area contributed by atoms with Crippen molar-refractivity contribution >= 4 is 33.0 Å². The van der Waals surface area contributed by atoms with Crippen LogP contribution in [0.3, 0.4) is 0 Å². The normalized spacial score (nSPS) is 11.0. The molecule has 1 radical (unpaired) electrons. The molecule has 0 amide bonds. The molecule has 0 N–H and O–H groups in total. The Labute approximate surface area is 136 Å². The third-order valence-electron chi connectivity index (χ3n) is 3.77. The molecule has 0 aliphatic rings. The number of benzene rings is 2. The molecule has 0 spiro atoms. The maximum absolute atomic E-state index is 4.49. The zero-order valence-electron chi connectivity index (χ0n) is 11.8. The number of imidazole rings is 1. The van der Waals surface area contributed by atoms with Crippen LogP contribution in [0.4, 0.5) is 5.69 Å². The van der Waals surface area contributed by atoms with Gasteiger partial charge >= 0.3 is 0 Å². The van der Waals surface area contributed by atoms with E-state index in [1.165, 1.54) is 22.0 Å². The van der Waals surface area contributed by atoms with Gasteiger partial charge in [0.05, 0.1) is 5.65 Å². The number of rotatable bonds is 1. The first-order valence-corrected chi connectivity index (χ1v) is 6.62. The van der Waals surface area contributed by atoms with Crippen molar-refractivity contribution in [2.75, 3.05) is 19.0 Å². The zero-order chi connectivity index (χ0) is 13.7. The summed E-state index contributed by atoms with van der Waals surface area (Å²) in [5.41, 5.74) is 3.33. The first-order chi connectivity index (χ1) is 9.75. The summed E-state index contributed by atoms with van der Waals surface area (Å²) in [6, 6.07) is 16.0. The van der Waals surface area contributed by atoms with Crippen LogP contribution in [0.2, 0.25) is 0 Å². The summed E-state index contributed by atoms with van der Waals surface area (Å²) >= 11 is 0. The largest absolute Gasteiger partial charge is 0.378 e. The SMILES string of the molecule is CN(C)c1ccc2c3ccc[c-]c3c3nccn3c2c1.[Ir]. The molecule has 21 heavy (non-hydrogen) atoms. The van der Waals surface area contributed by atoms with Crippen LogP contribution in [-0.2, 0) is 20.1 Å². The number of fused-ring (bicyclic) bond motifs is 6. The van der Waals surface area contributed by atoms with E-state index in [2.05, 4.69) is 58.7 Å². The summed E-state index contributed by atoms with van der Waals surface area (Å²) in [6.45, 7) is 0. The summed E-state index contributed by atoms with van der Waals surface area (Å²) in [6.07, 6.45) is 3.86. The molecule has 0 bridgehead atoms. The van der Waals surface area contributed by atoms with Crippen LogP contribution in [0.15, 0.2) is 48.8 Å². The Morgan fingerprint density at radius 3 is 2.81 bits per heavy atom. The van der Waals surface area contributed by atoms with Gasteiger partial charge in [-0.25, -0.2) is 0 Å². The van der Waals surface area contributed by atoms with Gasteiger partial charge in [-0.2, -0.15) is 0 Å². The van der Waals surface area contributed by atoms with E-state index in [1.54, 1.807) is 0 Å². The molecule has 0 saturated heterocycles. The molecular weight excluding hydrogens is 438 g/mol. The summed E-state index contributed by atoms with van der Waals surface area (Å²) in [4.78, 5) is 6.60. The molecule has 2 aromatic heterocycles. The van der Waals surface area contributed by atoms with Gasteiger partial charge in [0.1, 0.15) is 0 Å². The summed E-state index contributed by atoms with van der Waals surface area (Å²) in [5, 5.41) is 3.50. The fourth-order valence-corrected chi connectivity index (χ4v) is 2.75. The minimum Gasteiger partial charge on any atom is -0.378 e. The molecular formula is C17H14IrN3-. The average molecular weight is 453 g/mol. The number of hydrogen-bond acceptors (Lipinski definition) is 2. The molecule has 2 heterocycles. The summed E-state index contributed by atoms with van der Waals surface area (Å²) < 4.78 is 2.14.